The van der Waals surface area contributed by atoms with Crippen LogP contribution >= 0.6 is 0 Å². The van der Waals surface area contributed by atoms with Crippen LogP contribution in [-0.4, -0.2) is 60.1 Å². The first-order valence-corrected chi connectivity index (χ1v) is 15.6. The third-order valence-corrected chi connectivity index (χ3v) is 8.63. The molecular weight excluding hydrogens is 576 g/mol. The van der Waals surface area contributed by atoms with Gasteiger partial charge in [0.25, 0.3) is 0 Å². The van der Waals surface area contributed by atoms with Gasteiger partial charge in [-0.3, -0.25) is 0 Å². The van der Waals surface area contributed by atoms with E-state index < -0.39 is 60.1 Å². The van der Waals surface area contributed by atoms with Crippen LogP contribution in [0.15, 0.2) is 0 Å². The minimum atomic E-state index is -3.59. The zero-order valence-corrected chi connectivity index (χ0v) is 26.0. The highest BCUT2D eigenvalue weighted by atomic mass is 19.3. The summed E-state index contributed by atoms with van der Waals surface area (Å²) in [5.74, 6) is -11.1. The number of alkyl halides is 4. The molecule has 0 radical (unpaired) electrons. The van der Waals surface area contributed by atoms with Crippen molar-refractivity contribution in [3.05, 3.63) is 0 Å². The molecule has 0 heterocycles. The van der Waals surface area contributed by atoms with E-state index >= 15 is 0 Å². The lowest BCUT2D eigenvalue weighted by Gasteiger charge is -2.37. The average Bonchev–Trinajstić information content (AvgIpc) is 3.54. The first-order valence-electron chi connectivity index (χ1n) is 15.6. The fourth-order valence-corrected chi connectivity index (χ4v) is 6.48. The Hall–Kier alpha value is -2.40. The average molecular weight is 625 g/mol. The molecule has 0 N–H and O–H groups in total. The van der Waals surface area contributed by atoms with Crippen LogP contribution in [-0.2, 0) is 38.1 Å². The Morgan fingerprint density at radius 3 is 1.70 bits per heavy atom. The van der Waals surface area contributed by atoms with Crippen LogP contribution in [0, 0.1) is 11.8 Å². The van der Waals surface area contributed by atoms with Gasteiger partial charge in [0.15, 0.2) is 13.2 Å². The molecule has 0 aromatic carbocycles. The molecule has 3 atom stereocenters. The molecule has 0 aromatic heterocycles. The molecule has 0 spiro atoms. The summed E-state index contributed by atoms with van der Waals surface area (Å²) in [6.07, 6.45) is 14.3. The van der Waals surface area contributed by atoms with E-state index in [0.29, 0.717) is 25.7 Å². The Bertz CT molecular complexity index is 939. The molecule has 8 nitrogen and oxygen atoms in total. The Morgan fingerprint density at radius 2 is 1.26 bits per heavy atom. The number of hydrogen-bond donors (Lipinski definition) is 0. The van der Waals surface area contributed by atoms with Crippen molar-refractivity contribution in [2.45, 2.75) is 147 Å². The van der Waals surface area contributed by atoms with Crippen LogP contribution in [0.5, 0.6) is 0 Å². The lowest BCUT2D eigenvalue weighted by molar-refractivity contribution is -0.184. The molecule has 0 saturated heterocycles. The Kier molecular flexibility index (Phi) is 13.7. The molecule has 3 aliphatic rings. The van der Waals surface area contributed by atoms with Crippen molar-refractivity contribution in [3.63, 3.8) is 0 Å². The summed E-state index contributed by atoms with van der Waals surface area (Å²) in [4.78, 5) is 45.6. The van der Waals surface area contributed by atoms with Gasteiger partial charge in [0, 0.05) is 13.8 Å². The van der Waals surface area contributed by atoms with Gasteiger partial charge in [0.2, 0.25) is 0 Å². The largest absolute Gasteiger partial charge is 0.457 e. The van der Waals surface area contributed by atoms with E-state index in [9.17, 15) is 36.7 Å². The van der Waals surface area contributed by atoms with Gasteiger partial charge in [0.05, 0.1) is 0 Å². The maximum atomic E-state index is 12.7. The van der Waals surface area contributed by atoms with E-state index in [1.165, 1.54) is 6.42 Å². The van der Waals surface area contributed by atoms with Gasteiger partial charge in [-0.2, -0.15) is 17.6 Å². The smallest absolute Gasteiger partial charge is 0.377 e. The molecule has 0 amide bonds. The minimum absolute atomic E-state index is 0.358. The van der Waals surface area contributed by atoms with E-state index in [0.717, 1.165) is 89.9 Å². The van der Waals surface area contributed by atoms with Gasteiger partial charge >= 0.3 is 35.7 Å². The van der Waals surface area contributed by atoms with E-state index in [-0.39, 0.29) is 0 Å². The fourth-order valence-electron chi connectivity index (χ4n) is 6.48. The molecule has 3 fully saturated rings. The van der Waals surface area contributed by atoms with Crippen molar-refractivity contribution in [1.29, 1.82) is 0 Å². The molecule has 3 rings (SSSR count). The third kappa shape index (κ3) is 11.6. The molecule has 12 heteroatoms. The highest BCUT2D eigenvalue weighted by Crippen LogP contribution is 2.54. The van der Waals surface area contributed by atoms with Crippen LogP contribution in [0.4, 0.5) is 17.6 Å². The van der Waals surface area contributed by atoms with Crippen LogP contribution in [0.25, 0.3) is 0 Å². The second kappa shape index (κ2) is 16.1. The highest BCUT2D eigenvalue weighted by Gasteiger charge is 2.53. The summed E-state index contributed by atoms with van der Waals surface area (Å²) in [5.41, 5.74) is -0.983. The van der Waals surface area contributed by atoms with Crippen molar-refractivity contribution in [2.75, 3.05) is 13.2 Å². The Morgan fingerprint density at radius 1 is 0.744 bits per heavy atom. The SMILES string of the molecule is CCCCC1(OC(=O)COC(=O)C(C)(F)F)CC2CCC1C2.CCCCC1(OC(=O)COC(=O)C(C)(F)F)CCCCC1. The summed E-state index contributed by atoms with van der Waals surface area (Å²) >= 11 is 0. The molecule has 43 heavy (non-hydrogen) atoms. The van der Waals surface area contributed by atoms with Gasteiger partial charge in [-0.15, -0.1) is 0 Å². The molecule has 2 bridgehead atoms. The number of hydrogen-bond acceptors (Lipinski definition) is 8. The Labute approximate surface area is 251 Å². The molecule has 248 valence electrons. The number of carbonyl (C=O) groups excluding carboxylic acids is 4. The maximum absolute atomic E-state index is 12.7. The number of esters is 4. The predicted octanol–water partition coefficient (Wildman–Crippen LogP) is 7.10. The summed E-state index contributed by atoms with van der Waals surface area (Å²) in [5, 5.41) is 0. The van der Waals surface area contributed by atoms with Crippen LogP contribution in [0.3, 0.4) is 0 Å². The summed E-state index contributed by atoms with van der Waals surface area (Å²) in [6, 6.07) is 0. The van der Waals surface area contributed by atoms with Crippen LogP contribution < -0.4 is 0 Å². The Balaban J connectivity index is 0.000000301. The zero-order valence-electron chi connectivity index (χ0n) is 26.0. The molecule has 0 aliphatic heterocycles. The molecule has 0 aromatic rings. The third-order valence-electron chi connectivity index (χ3n) is 8.63. The number of unbranched alkanes of at least 4 members (excludes halogenated alkanes) is 2. The first kappa shape index (κ1) is 36.8. The number of carbonyl (C=O) groups is 4. The topological polar surface area (TPSA) is 105 Å². The lowest BCUT2D eigenvalue weighted by Crippen LogP contribution is -2.42. The minimum Gasteiger partial charge on any atom is -0.457 e. The maximum Gasteiger partial charge on any atom is 0.377 e. The van der Waals surface area contributed by atoms with E-state index in [1.807, 2.05) is 0 Å². The molecule has 3 aliphatic carbocycles. The predicted molar refractivity (Wildman–Crippen MR) is 148 cm³/mol. The fraction of sp³-hybridized carbons (Fsp3) is 0.871. The molecular formula is C31H48F4O8. The van der Waals surface area contributed by atoms with Crippen molar-refractivity contribution in [1.82, 2.24) is 0 Å². The number of halogens is 4. The number of fused-ring (bicyclic) bond motifs is 2. The van der Waals surface area contributed by atoms with Gasteiger partial charge in [-0.1, -0.05) is 33.1 Å². The molecule has 3 unspecified atom stereocenters. The summed E-state index contributed by atoms with van der Waals surface area (Å²) in [7, 11) is 0. The monoisotopic (exact) mass is 624 g/mol. The van der Waals surface area contributed by atoms with Gasteiger partial charge in [-0.05, 0) is 88.9 Å². The van der Waals surface area contributed by atoms with Crippen molar-refractivity contribution in [2.24, 2.45) is 11.8 Å². The van der Waals surface area contributed by atoms with Crippen molar-refractivity contribution >= 4 is 23.9 Å². The summed E-state index contributed by atoms with van der Waals surface area (Å²) < 4.78 is 70.5. The molecule has 3 saturated carbocycles. The normalized spacial score (nSPS) is 24.4. The highest BCUT2D eigenvalue weighted by molar-refractivity contribution is 5.81. The number of ether oxygens (including phenoxy) is 4. The van der Waals surface area contributed by atoms with E-state index in [2.05, 4.69) is 23.3 Å². The lowest BCUT2D eigenvalue weighted by atomic mass is 9.80. The van der Waals surface area contributed by atoms with Crippen molar-refractivity contribution in [3.8, 4) is 0 Å². The zero-order chi connectivity index (χ0) is 32.3. The standard InChI is InChI=1S/C16H24F2O4.C15H24F2O4/c1-3-4-7-16(9-11-5-6-12(16)8-11)22-13(19)10-21-14(20)15(2,17)18;1-3-4-8-15(9-6-5-7-10-15)21-12(18)11-20-13(19)14(2,16)17/h11-12H,3-10H2,1-2H3;3-11H2,1-2H3. The first-order chi connectivity index (χ1) is 20.1. The van der Waals surface area contributed by atoms with Gasteiger partial charge < -0.3 is 18.9 Å². The van der Waals surface area contributed by atoms with Gasteiger partial charge in [0.1, 0.15) is 11.2 Å². The number of rotatable bonds is 14. The van der Waals surface area contributed by atoms with E-state index in [1.54, 1.807) is 0 Å². The second-order valence-electron chi connectivity index (χ2n) is 12.5. The second-order valence-corrected chi connectivity index (χ2v) is 12.5. The summed E-state index contributed by atoms with van der Waals surface area (Å²) in [6.45, 7) is 3.52. The van der Waals surface area contributed by atoms with E-state index in [4.69, 9.17) is 9.47 Å². The quantitative estimate of drug-likeness (QED) is 0.115. The van der Waals surface area contributed by atoms with Gasteiger partial charge in [-0.25, -0.2) is 19.2 Å². The van der Waals surface area contributed by atoms with Crippen LogP contribution in [0.1, 0.15) is 124 Å². The van der Waals surface area contributed by atoms with Crippen LogP contribution in [0.2, 0.25) is 0 Å². The van der Waals surface area contributed by atoms with Crippen molar-refractivity contribution < 1.29 is 55.7 Å².